The predicted molar refractivity (Wildman–Crippen MR) is 113 cm³/mol. The Bertz CT molecular complexity index is 809. The van der Waals surface area contributed by atoms with E-state index in [0.717, 1.165) is 18.5 Å². The van der Waals surface area contributed by atoms with Crippen molar-refractivity contribution in [2.24, 2.45) is 0 Å². The molecule has 1 unspecified atom stereocenters. The van der Waals surface area contributed by atoms with Crippen LogP contribution in [-0.2, 0) is 11.0 Å². The fourth-order valence-electron chi connectivity index (χ4n) is 2.89. The molecule has 1 amide bonds. The Morgan fingerprint density at radius 3 is 2.29 bits per heavy atom. The largest absolute Gasteiger partial charge is 0.416 e. The summed E-state index contributed by atoms with van der Waals surface area (Å²) in [5.74, 6) is 1.20. The second-order valence-corrected chi connectivity index (χ2v) is 7.11. The summed E-state index contributed by atoms with van der Waals surface area (Å²) in [4.78, 5) is 22.8. The molecule has 1 atom stereocenters. The highest BCUT2D eigenvalue weighted by Gasteiger charge is 2.30. The molecule has 31 heavy (non-hydrogen) atoms. The molecule has 1 saturated heterocycles. The lowest BCUT2D eigenvalue weighted by atomic mass is 10.1. The first kappa shape index (κ1) is 24.4. The van der Waals surface area contributed by atoms with Crippen LogP contribution in [0, 0.1) is 0 Å². The molecule has 1 aromatic heterocycles. The molecule has 2 aromatic rings. The highest BCUT2D eigenvalue weighted by molar-refractivity contribution is 5.51. The van der Waals surface area contributed by atoms with Crippen LogP contribution in [0.1, 0.15) is 37.5 Å². The van der Waals surface area contributed by atoms with Gasteiger partial charge in [-0.3, -0.25) is 4.79 Å². The summed E-state index contributed by atoms with van der Waals surface area (Å²) in [6.07, 6.45) is -1.92. The average Bonchev–Trinajstić information content (AvgIpc) is 2.78. The van der Waals surface area contributed by atoms with Gasteiger partial charge in [0.25, 0.3) is 0 Å². The van der Waals surface area contributed by atoms with E-state index in [2.05, 4.69) is 29.1 Å². The molecule has 2 N–H and O–H groups in total. The van der Waals surface area contributed by atoms with E-state index in [1.54, 1.807) is 11.0 Å². The third-order valence-corrected chi connectivity index (χ3v) is 4.54. The zero-order valence-corrected chi connectivity index (χ0v) is 17.6. The molecule has 1 fully saturated rings. The van der Waals surface area contributed by atoms with E-state index >= 15 is 0 Å². The number of rotatable bonds is 6. The third kappa shape index (κ3) is 7.39. The first-order valence-corrected chi connectivity index (χ1v) is 10.1. The molecular weight excluding hydrogens is 411 g/mol. The number of halogens is 3. The van der Waals surface area contributed by atoms with Gasteiger partial charge >= 0.3 is 6.18 Å². The minimum absolute atomic E-state index is 0.0841. The molecule has 0 aliphatic carbocycles. The average molecular weight is 439 g/mol. The van der Waals surface area contributed by atoms with Crippen LogP contribution >= 0.6 is 0 Å². The zero-order valence-electron chi connectivity index (χ0n) is 17.6. The van der Waals surface area contributed by atoms with Crippen LogP contribution in [0.5, 0.6) is 0 Å². The Hall–Kier alpha value is -2.88. The van der Waals surface area contributed by atoms with Crippen molar-refractivity contribution in [3.05, 3.63) is 47.8 Å². The quantitative estimate of drug-likeness (QED) is 0.672. The summed E-state index contributed by atoms with van der Waals surface area (Å²) in [7, 11) is 0. The van der Waals surface area contributed by atoms with Gasteiger partial charge in [0.15, 0.2) is 0 Å². The second-order valence-electron chi connectivity index (χ2n) is 7.11. The number of piperazine rings is 1. The van der Waals surface area contributed by atoms with Crippen molar-refractivity contribution in [2.75, 3.05) is 42.9 Å². The van der Waals surface area contributed by atoms with E-state index in [9.17, 15) is 23.1 Å². The van der Waals surface area contributed by atoms with Gasteiger partial charge in [-0.25, -0.2) is 9.97 Å². The molecule has 7 nitrogen and oxygen atoms in total. The van der Waals surface area contributed by atoms with Crippen LogP contribution in [0.25, 0.3) is 0 Å². The van der Waals surface area contributed by atoms with E-state index in [1.165, 1.54) is 24.9 Å². The number of benzene rings is 1. The van der Waals surface area contributed by atoms with Crippen LogP contribution < -0.4 is 10.2 Å². The number of nitrogens with zero attached hydrogens (tertiary/aromatic N) is 4. The SMILES string of the molecule is CCC.O=CN1CCN(c2cc(NCC(O)c3ccc(C(F)(F)F)cc3)ncn2)CC1. The Morgan fingerprint density at radius 1 is 1.13 bits per heavy atom. The van der Waals surface area contributed by atoms with Gasteiger partial charge in [0.1, 0.15) is 18.0 Å². The molecule has 1 aliphatic heterocycles. The first-order chi connectivity index (χ1) is 14.8. The van der Waals surface area contributed by atoms with E-state index in [0.29, 0.717) is 43.4 Å². The van der Waals surface area contributed by atoms with Crippen molar-refractivity contribution in [3.8, 4) is 0 Å². The van der Waals surface area contributed by atoms with Gasteiger partial charge in [0.05, 0.1) is 11.7 Å². The van der Waals surface area contributed by atoms with Gasteiger partial charge in [-0.05, 0) is 17.7 Å². The Labute approximate surface area is 179 Å². The number of hydrogen-bond donors (Lipinski definition) is 2. The number of aliphatic hydroxyl groups excluding tert-OH is 1. The minimum Gasteiger partial charge on any atom is -0.387 e. The molecule has 170 valence electrons. The van der Waals surface area contributed by atoms with Crippen LogP contribution in [0.2, 0.25) is 0 Å². The van der Waals surface area contributed by atoms with Gasteiger partial charge in [0.2, 0.25) is 6.41 Å². The normalized spacial score (nSPS) is 15.0. The molecule has 2 heterocycles. The highest BCUT2D eigenvalue weighted by atomic mass is 19.4. The smallest absolute Gasteiger partial charge is 0.387 e. The van der Waals surface area contributed by atoms with E-state index in [1.807, 2.05) is 4.90 Å². The number of hydrogen-bond acceptors (Lipinski definition) is 6. The molecule has 1 aromatic carbocycles. The van der Waals surface area contributed by atoms with Crippen molar-refractivity contribution in [3.63, 3.8) is 0 Å². The summed E-state index contributed by atoms with van der Waals surface area (Å²) >= 11 is 0. The maximum atomic E-state index is 12.6. The number of carbonyl (C=O) groups excluding carboxylic acids is 1. The van der Waals surface area contributed by atoms with Gasteiger partial charge < -0.3 is 20.2 Å². The first-order valence-electron chi connectivity index (χ1n) is 10.1. The van der Waals surface area contributed by atoms with Gasteiger partial charge in [-0.1, -0.05) is 32.4 Å². The zero-order chi connectivity index (χ0) is 22.9. The Morgan fingerprint density at radius 2 is 1.74 bits per heavy atom. The fraction of sp³-hybridized carbons (Fsp3) is 0.476. The number of carbonyl (C=O) groups is 1. The molecule has 0 spiro atoms. The Kier molecular flexibility index (Phi) is 9.04. The van der Waals surface area contributed by atoms with Crippen molar-refractivity contribution < 1.29 is 23.1 Å². The maximum Gasteiger partial charge on any atom is 0.416 e. The van der Waals surface area contributed by atoms with Crippen LogP contribution in [0.15, 0.2) is 36.7 Å². The second kappa shape index (κ2) is 11.5. The lowest BCUT2D eigenvalue weighted by Gasteiger charge is -2.33. The Balaban J connectivity index is 0.00000107. The number of amides is 1. The molecule has 3 rings (SSSR count). The van der Waals surface area contributed by atoms with Crippen molar-refractivity contribution >= 4 is 18.0 Å². The van der Waals surface area contributed by atoms with E-state index in [-0.39, 0.29) is 6.54 Å². The molecule has 0 bridgehead atoms. The predicted octanol–water partition coefficient (Wildman–Crippen LogP) is 3.34. The standard InChI is InChI=1S/C18H20F3N5O2.C3H8/c19-18(20,21)14-3-1-13(2-4-14)15(28)10-22-16-9-17(24-11-23-16)26-7-5-25(12-27)6-8-26;1-3-2/h1-4,9,11-12,15,28H,5-8,10H2,(H,22,23,24);3H2,1-2H3. The minimum atomic E-state index is -4.41. The lowest BCUT2D eigenvalue weighted by Crippen LogP contribution is -2.46. The van der Waals surface area contributed by atoms with E-state index < -0.39 is 17.8 Å². The topological polar surface area (TPSA) is 81.6 Å². The summed E-state index contributed by atoms with van der Waals surface area (Å²) < 4.78 is 37.8. The maximum absolute atomic E-state index is 12.6. The summed E-state index contributed by atoms with van der Waals surface area (Å²) in [5.41, 5.74) is -0.383. The van der Waals surface area contributed by atoms with Gasteiger partial charge in [0, 0.05) is 38.8 Å². The van der Waals surface area contributed by atoms with Crippen LogP contribution in [0.4, 0.5) is 24.8 Å². The monoisotopic (exact) mass is 439 g/mol. The number of nitrogens with one attached hydrogen (secondary N) is 1. The summed E-state index contributed by atoms with van der Waals surface area (Å²) in [5, 5.41) is 13.2. The molecule has 10 heteroatoms. The van der Waals surface area contributed by atoms with Crippen molar-refractivity contribution in [1.29, 1.82) is 0 Å². The molecule has 0 saturated carbocycles. The van der Waals surface area contributed by atoms with Crippen LogP contribution in [0.3, 0.4) is 0 Å². The molecule has 1 aliphatic rings. The molecular formula is C21H28F3N5O2. The lowest BCUT2D eigenvalue weighted by molar-refractivity contribution is -0.137. The summed E-state index contributed by atoms with van der Waals surface area (Å²) in [6.45, 7) is 6.87. The summed E-state index contributed by atoms with van der Waals surface area (Å²) in [6, 6.07) is 6.14. The molecule has 0 radical (unpaired) electrons. The van der Waals surface area contributed by atoms with Gasteiger partial charge in [-0.15, -0.1) is 0 Å². The number of alkyl halides is 3. The van der Waals surface area contributed by atoms with E-state index in [4.69, 9.17) is 0 Å². The number of aliphatic hydroxyl groups is 1. The number of anilines is 2. The van der Waals surface area contributed by atoms with Crippen molar-refractivity contribution in [2.45, 2.75) is 32.5 Å². The van der Waals surface area contributed by atoms with Crippen molar-refractivity contribution in [1.82, 2.24) is 14.9 Å². The highest BCUT2D eigenvalue weighted by Crippen LogP contribution is 2.30. The number of aromatic nitrogens is 2. The van der Waals surface area contributed by atoms with Gasteiger partial charge in [-0.2, -0.15) is 13.2 Å². The fourth-order valence-corrected chi connectivity index (χ4v) is 2.89. The van der Waals surface area contributed by atoms with Crippen LogP contribution in [-0.4, -0.2) is 59.1 Å². The third-order valence-electron chi connectivity index (χ3n) is 4.54.